The molecule has 5 nitrogen and oxygen atoms in total. The largest absolute Gasteiger partial charge is 0.481 e. The van der Waals surface area contributed by atoms with Gasteiger partial charge in [0.1, 0.15) is 0 Å². The van der Waals surface area contributed by atoms with Crippen LogP contribution in [0, 0.1) is 0 Å². The molecule has 1 aliphatic heterocycles. The van der Waals surface area contributed by atoms with E-state index in [1.165, 1.54) is 0 Å². The summed E-state index contributed by atoms with van der Waals surface area (Å²) in [6, 6.07) is -0.00395. The number of carboxylic acid groups (broad SMARTS) is 1. The van der Waals surface area contributed by atoms with Crippen LogP contribution in [0.15, 0.2) is 12.7 Å². The number of carbonyl (C=O) groups excluding carboxylic acids is 1. The Morgan fingerprint density at radius 3 is 2.88 bits per heavy atom. The molecule has 1 fully saturated rings. The van der Waals surface area contributed by atoms with Crippen molar-refractivity contribution in [2.24, 2.45) is 0 Å². The Balaban J connectivity index is 2.44. The Kier molecular flexibility index (Phi) is 5.69. The van der Waals surface area contributed by atoms with E-state index in [-0.39, 0.29) is 24.9 Å². The number of nitrogens with one attached hydrogen (secondary N) is 1. The molecule has 0 bridgehead atoms. The lowest BCUT2D eigenvalue weighted by Crippen LogP contribution is -2.46. The van der Waals surface area contributed by atoms with Crippen molar-refractivity contribution in [1.82, 2.24) is 10.2 Å². The van der Waals surface area contributed by atoms with Crippen LogP contribution in [0.2, 0.25) is 0 Å². The van der Waals surface area contributed by atoms with Gasteiger partial charge in [-0.2, -0.15) is 0 Å². The number of nitrogens with zero attached hydrogens (tertiary/aromatic N) is 1. The number of amides is 1. The van der Waals surface area contributed by atoms with Gasteiger partial charge in [-0.15, -0.1) is 6.58 Å². The topological polar surface area (TPSA) is 69.6 Å². The zero-order valence-electron chi connectivity index (χ0n) is 10.0. The van der Waals surface area contributed by atoms with Crippen LogP contribution in [0.1, 0.15) is 25.7 Å². The normalized spacial score (nSPS) is 20.8. The van der Waals surface area contributed by atoms with Crippen LogP contribution in [-0.2, 0) is 9.59 Å². The summed E-state index contributed by atoms with van der Waals surface area (Å²) in [7, 11) is 0. The molecule has 5 heteroatoms. The number of carboxylic acids is 1. The highest BCUT2D eigenvalue weighted by atomic mass is 16.4. The van der Waals surface area contributed by atoms with Crippen LogP contribution >= 0.6 is 0 Å². The molecule has 0 radical (unpaired) electrons. The number of hydrogen-bond acceptors (Lipinski definition) is 3. The van der Waals surface area contributed by atoms with E-state index < -0.39 is 5.97 Å². The molecule has 1 amide bonds. The maximum absolute atomic E-state index is 11.6. The van der Waals surface area contributed by atoms with E-state index in [1.807, 2.05) is 4.90 Å². The predicted octanol–water partition coefficient (Wildman–Crippen LogP) is 0.618. The minimum Gasteiger partial charge on any atom is -0.481 e. The van der Waals surface area contributed by atoms with Gasteiger partial charge in [-0.3, -0.25) is 14.5 Å². The second-order valence-electron chi connectivity index (χ2n) is 4.31. The van der Waals surface area contributed by atoms with Crippen molar-refractivity contribution in [2.75, 3.05) is 19.6 Å². The van der Waals surface area contributed by atoms with Crippen molar-refractivity contribution < 1.29 is 14.7 Å². The lowest BCUT2D eigenvalue weighted by molar-refractivity contribution is -0.139. The van der Waals surface area contributed by atoms with E-state index in [2.05, 4.69) is 11.9 Å². The molecule has 1 unspecified atom stereocenters. The van der Waals surface area contributed by atoms with Crippen molar-refractivity contribution in [1.29, 1.82) is 0 Å². The zero-order valence-corrected chi connectivity index (χ0v) is 10.0. The van der Waals surface area contributed by atoms with E-state index in [0.29, 0.717) is 6.54 Å². The molecule has 0 spiro atoms. The minimum absolute atomic E-state index is 0.00395. The Hall–Kier alpha value is -1.36. The van der Waals surface area contributed by atoms with Gasteiger partial charge < -0.3 is 10.4 Å². The molecule has 96 valence electrons. The van der Waals surface area contributed by atoms with Gasteiger partial charge in [0.2, 0.25) is 5.91 Å². The van der Waals surface area contributed by atoms with Gasteiger partial charge in [0.25, 0.3) is 0 Å². The first kappa shape index (κ1) is 13.7. The number of aliphatic carboxylic acids is 1. The van der Waals surface area contributed by atoms with Crippen molar-refractivity contribution in [2.45, 2.75) is 31.7 Å². The molecule has 0 saturated carbocycles. The van der Waals surface area contributed by atoms with Crippen molar-refractivity contribution in [3.8, 4) is 0 Å². The Morgan fingerprint density at radius 2 is 2.24 bits per heavy atom. The molecule has 1 atom stereocenters. The maximum Gasteiger partial charge on any atom is 0.304 e. The van der Waals surface area contributed by atoms with Crippen molar-refractivity contribution >= 4 is 11.9 Å². The second-order valence-corrected chi connectivity index (χ2v) is 4.31. The highest BCUT2D eigenvalue weighted by Gasteiger charge is 2.25. The van der Waals surface area contributed by atoms with Gasteiger partial charge in [-0.05, 0) is 19.4 Å². The SMILES string of the molecule is C=CCNC(=O)CN1CCCCC1CC(=O)O. The summed E-state index contributed by atoms with van der Waals surface area (Å²) in [5.74, 6) is -0.865. The van der Waals surface area contributed by atoms with Gasteiger partial charge in [0.15, 0.2) is 0 Å². The smallest absolute Gasteiger partial charge is 0.304 e. The first-order valence-corrected chi connectivity index (χ1v) is 5.97. The molecule has 1 heterocycles. The van der Waals surface area contributed by atoms with Gasteiger partial charge in [0.05, 0.1) is 13.0 Å². The number of hydrogen-bond donors (Lipinski definition) is 2. The van der Waals surface area contributed by atoms with Crippen LogP contribution in [0.5, 0.6) is 0 Å². The first-order chi connectivity index (χ1) is 8.13. The third-order valence-corrected chi connectivity index (χ3v) is 2.95. The molecular formula is C12H20N2O3. The van der Waals surface area contributed by atoms with Gasteiger partial charge in [0, 0.05) is 12.6 Å². The molecule has 0 aromatic heterocycles. The third kappa shape index (κ3) is 4.99. The quantitative estimate of drug-likeness (QED) is 0.668. The van der Waals surface area contributed by atoms with E-state index in [4.69, 9.17) is 5.11 Å². The van der Waals surface area contributed by atoms with Gasteiger partial charge >= 0.3 is 5.97 Å². The summed E-state index contributed by atoms with van der Waals surface area (Å²) in [6.45, 7) is 5.07. The summed E-state index contributed by atoms with van der Waals surface area (Å²) in [5, 5.41) is 11.5. The van der Waals surface area contributed by atoms with E-state index in [9.17, 15) is 9.59 Å². The Morgan fingerprint density at radius 1 is 1.47 bits per heavy atom. The molecule has 0 aliphatic carbocycles. The zero-order chi connectivity index (χ0) is 12.7. The highest BCUT2D eigenvalue weighted by Crippen LogP contribution is 2.19. The number of likely N-dealkylation sites (tertiary alicyclic amines) is 1. The average Bonchev–Trinajstić information content (AvgIpc) is 2.28. The van der Waals surface area contributed by atoms with Gasteiger partial charge in [-0.1, -0.05) is 12.5 Å². The summed E-state index contributed by atoms with van der Waals surface area (Å²) in [5.41, 5.74) is 0. The number of piperidine rings is 1. The standard InChI is InChI=1S/C12H20N2O3/c1-2-6-13-11(15)9-14-7-4-3-5-10(14)8-12(16)17/h2,10H,1,3-9H2,(H,13,15)(H,16,17). The van der Waals surface area contributed by atoms with Crippen molar-refractivity contribution in [3.63, 3.8) is 0 Å². The molecule has 0 aromatic carbocycles. The molecule has 0 aromatic rings. The monoisotopic (exact) mass is 240 g/mol. The average molecular weight is 240 g/mol. The van der Waals surface area contributed by atoms with Crippen molar-refractivity contribution in [3.05, 3.63) is 12.7 Å². The van der Waals surface area contributed by atoms with Crippen LogP contribution < -0.4 is 5.32 Å². The van der Waals surface area contributed by atoms with Gasteiger partial charge in [-0.25, -0.2) is 0 Å². The number of rotatable bonds is 6. The van der Waals surface area contributed by atoms with Crippen LogP contribution in [-0.4, -0.2) is 47.6 Å². The molecular weight excluding hydrogens is 220 g/mol. The Bertz CT molecular complexity index is 291. The fourth-order valence-electron chi connectivity index (χ4n) is 2.13. The molecule has 17 heavy (non-hydrogen) atoms. The molecule has 1 saturated heterocycles. The molecule has 2 N–H and O–H groups in total. The summed E-state index contributed by atoms with van der Waals surface area (Å²) >= 11 is 0. The predicted molar refractivity (Wildman–Crippen MR) is 64.7 cm³/mol. The first-order valence-electron chi connectivity index (χ1n) is 5.97. The van der Waals surface area contributed by atoms with Crippen LogP contribution in [0.25, 0.3) is 0 Å². The number of carbonyl (C=O) groups is 2. The summed E-state index contributed by atoms with van der Waals surface area (Å²) in [4.78, 5) is 24.3. The van der Waals surface area contributed by atoms with Crippen LogP contribution in [0.3, 0.4) is 0 Å². The molecule has 1 aliphatic rings. The lowest BCUT2D eigenvalue weighted by Gasteiger charge is -2.34. The lowest BCUT2D eigenvalue weighted by atomic mass is 9.99. The minimum atomic E-state index is -0.798. The van der Waals surface area contributed by atoms with E-state index >= 15 is 0 Å². The van der Waals surface area contributed by atoms with E-state index in [1.54, 1.807) is 6.08 Å². The fraction of sp³-hybridized carbons (Fsp3) is 0.667. The van der Waals surface area contributed by atoms with E-state index in [0.717, 1.165) is 25.8 Å². The summed E-state index contributed by atoms with van der Waals surface area (Å²) in [6.07, 6.45) is 4.69. The molecule has 1 rings (SSSR count). The highest BCUT2D eigenvalue weighted by molar-refractivity contribution is 5.78. The van der Waals surface area contributed by atoms with Crippen LogP contribution in [0.4, 0.5) is 0 Å². The Labute approximate surface area is 101 Å². The summed E-state index contributed by atoms with van der Waals surface area (Å²) < 4.78 is 0. The fourth-order valence-corrected chi connectivity index (χ4v) is 2.13. The third-order valence-electron chi connectivity index (χ3n) is 2.95. The maximum atomic E-state index is 11.6. The second kappa shape index (κ2) is 7.06.